The summed E-state index contributed by atoms with van der Waals surface area (Å²) in [5.41, 5.74) is 0. The summed E-state index contributed by atoms with van der Waals surface area (Å²) in [6.07, 6.45) is 1.53. The maximum atomic E-state index is 11.6. The van der Waals surface area contributed by atoms with Gasteiger partial charge in [-0.1, -0.05) is 46.9 Å². The van der Waals surface area contributed by atoms with E-state index in [1.807, 2.05) is 28.7 Å². The van der Waals surface area contributed by atoms with E-state index in [1.165, 1.54) is 6.20 Å². The number of carboxylic acid groups (broad SMARTS) is 1. The van der Waals surface area contributed by atoms with Crippen molar-refractivity contribution in [2.24, 2.45) is 0 Å². The molecule has 1 N–H and O–H groups in total. The Morgan fingerprint density at radius 3 is 2.40 bits per heavy atom. The van der Waals surface area contributed by atoms with Gasteiger partial charge in [0.15, 0.2) is 0 Å². The van der Waals surface area contributed by atoms with Crippen molar-refractivity contribution in [3.63, 3.8) is 0 Å². The number of nitrogens with zero attached hydrogens (tertiary/aromatic N) is 1. The normalized spacial score (nSPS) is 13.2. The molecule has 1 atom stereocenters. The molecule has 20 heavy (non-hydrogen) atoms. The number of hydrogen-bond donors (Lipinski definition) is 1. The first-order chi connectivity index (χ1) is 9.66. The predicted octanol–water partition coefficient (Wildman–Crippen LogP) is 2.76. The first-order valence-electron chi connectivity index (χ1n) is 5.80. The van der Waals surface area contributed by atoms with Gasteiger partial charge in [0.25, 0.3) is 0 Å². The third-order valence-electron chi connectivity index (χ3n) is 2.43. The molecule has 0 aliphatic rings. The predicted molar refractivity (Wildman–Crippen MR) is 81.2 cm³/mol. The topological polar surface area (TPSA) is 68.7 Å². The first-order valence-corrected chi connectivity index (χ1v) is 7.32. The van der Waals surface area contributed by atoms with E-state index in [0.29, 0.717) is 5.75 Å². The second-order valence-electron chi connectivity index (χ2n) is 3.88. The molecule has 0 spiro atoms. The number of pyridine rings is 1. The number of alkyl halides is 1. The van der Waals surface area contributed by atoms with Gasteiger partial charge < -0.3 is 14.6 Å². The highest BCUT2D eigenvalue weighted by Gasteiger charge is 2.44. The van der Waals surface area contributed by atoms with Crippen molar-refractivity contribution >= 4 is 28.6 Å². The number of carboxylic acids is 1. The van der Waals surface area contributed by atoms with Gasteiger partial charge in [0.05, 0.1) is 4.43 Å². The molecule has 0 amide bonds. The van der Waals surface area contributed by atoms with Crippen molar-refractivity contribution < 1.29 is 19.4 Å². The highest BCUT2D eigenvalue weighted by atomic mass is 127. The highest BCUT2D eigenvalue weighted by Crippen LogP contribution is 2.24. The Labute approximate surface area is 129 Å². The number of hydrogen-bond acceptors (Lipinski definition) is 4. The molecule has 1 unspecified atom stereocenters. The van der Waals surface area contributed by atoms with E-state index in [2.05, 4.69) is 4.98 Å². The Bertz CT molecular complexity index is 520. The van der Waals surface area contributed by atoms with Gasteiger partial charge in [-0.25, -0.2) is 9.78 Å². The molecule has 0 saturated heterocycles. The lowest BCUT2D eigenvalue weighted by molar-refractivity contribution is -0.179. The minimum Gasteiger partial charge on any atom is -0.475 e. The quantitative estimate of drug-likeness (QED) is 0.471. The Kier molecular flexibility index (Phi) is 4.78. The van der Waals surface area contributed by atoms with Crippen LogP contribution in [0.25, 0.3) is 0 Å². The van der Waals surface area contributed by atoms with E-state index in [4.69, 9.17) is 9.47 Å². The third kappa shape index (κ3) is 3.38. The van der Waals surface area contributed by atoms with Gasteiger partial charge in [0.2, 0.25) is 5.88 Å². The molecule has 5 nitrogen and oxygen atoms in total. The van der Waals surface area contributed by atoms with Crippen LogP contribution in [0.2, 0.25) is 0 Å². The van der Waals surface area contributed by atoms with Crippen molar-refractivity contribution in [1.82, 2.24) is 4.98 Å². The lowest BCUT2D eigenvalue weighted by atomic mass is 10.3. The van der Waals surface area contributed by atoms with Crippen LogP contribution in [-0.4, -0.2) is 26.3 Å². The molecule has 0 saturated carbocycles. The number of aromatic nitrogens is 1. The Balaban J connectivity index is 2.28. The molecule has 2 rings (SSSR count). The van der Waals surface area contributed by atoms with Crippen LogP contribution in [0.15, 0.2) is 54.7 Å². The fourth-order valence-corrected chi connectivity index (χ4v) is 2.11. The van der Waals surface area contributed by atoms with Gasteiger partial charge in [-0.3, -0.25) is 0 Å². The van der Waals surface area contributed by atoms with Gasteiger partial charge in [-0.05, 0) is 18.2 Å². The molecule has 1 heterocycles. The van der Waals surface area contributed by atoms with Gasteiger partial charge in [0, 0.05) is 12.3 Å². The minimum atomic E-state index is -1.81. The molecule has 0 fully saturated rings. The minimum absolute atomic E-state index is 0.103. The molecular weight excluding hydrogens is 373 g/mol. The average Bonchev–Trinajstić information content (AvgIpc) is 2.48. The summed E-state index contributed by atoms with van der Waals surface area (Å²) in [6.45, 7) is 0. The summed E-state index contributed by atoms with van der Waals surface area (Å²) >= 11 is 1.91. The fraction of sp³-hybridized carbons (Fsp3) is 0.143. The zero-order valence-corrected chi connectivity index (χ0v) is 12.6. The van der Waals surface area contributed by atoms with Gasteiger partial charge in [-0.2, -0.15) is 0 Å². The maximum absolute atomic E-state index is 11.6. The van der Waals surface area contributed by atoms with Crippen molar-refractivity contribution in [2.75, 3.05) is 4.43 Å². The molecular formula is C14H12INO4. The number of carbonyl (C=O) groups is 1. The van der Waals surface area contributed by atoms with Gasteiger partial charge >= 0.3 is 11.8 Å². The van der Waals surface area contributed by atoms with Crippen LogP contribution >= 0.6 is 22.6 Å². The molecule has 6 heteroatoms. The van der Waals surface area contributed by atoms with Crippen LogP contribution in [0.5, 0.6) is 11.6 Å². The second kappa shape index (κ2) is 6.56. The summed E-state index contributed by atoms with van der Waals surface area (Å²) in [7, 11) is 0. The fourth-order valence-electron chi connectivity index (χ4n) is 1.48. The molecule has 104 valence electrons. The average molecular weight is 385 g/mol. The molecule has 0 bridgehead atoms. The Morgan fingerprint density at radius 2 is 1.85 bits per heavy atom. The third-order valence-corrected chi connectivity index (χ3v) is 3.44. The smallest absolute Gasteiger partial charge is 0.391 e. The summed E-state index contributed by atoms with van der Waals surface area (Å²) in [4.78, 5) is 15.5. The van der Waals surface area contributed by atoms with Crippen LogP contribution in [0.4, 0.5) is 0 Å². The van der Waals surface area contributed by atoms with Gasteiger partial charge in [-0.15, -0.1) is 0 Å². The van der Waals surface area contributed by atoms with Crippen molar-refractivity contribution in [1.29, 1.82) is 0 Å². The summed E-state index contributed by atoms with van der Waals surface area (Å²) in [6, 6.07) is 13.7. The maximum Gasteiger partial charge on any atom is 0.391 e. The van der Waals surface area contributed by atoms with Crippen LogP contribution in [0.3, 0.4) is 0 Å². The molecule has 1 aromatic heterocycles. The monoisotopic (exact) mass is 385 g/mol. The lowest BCUT2D eigenvalue weighted by Gasteiger charge is -2.28. The molecule has 0 radical (unpaired) electrons. The highest BCUT2D eigenvalue weighted by molar-refractivity contribution is 14.1. The van der Waals surface area contributed by atoms with E-state index in [9.17, 15) is 9.90 Å². The summed E-state index contributed by atoms with van der Waals surface area (Å²) < 4.78 is 11.1. The SMILES string of the molecule is O=C(O)C(CI)(Oc1ccccc1)Oc1ccccn1. The number of halogens is 1. The van der Waals surface area contributed by atoms with E-state index < -0.39 is 11.8 Å². The van der Waals surface area contributed by atoms with E-state index in [1.54, 1.807) is 42.5 Å². The molecule has 2 aromatic rings. The van der Waals surface area contributed by atoms with Crippen LogP contribution in [-0.2, 0) is 4.79 Å². The van der Waals surface area contributed by atoms with Crippen molar-refractivity contribution in [2.45, 2.75) is 5.79 Å². The van der Waals surface area contributed by atoms with E-state index >= 15 is 0 Å². The van der Waals surface area contributed by atoms with E-state index in [-0.39, 0.29) is 10.3 Å². The van der Waals surface area contributed by atoms with Gasteiger partial charge in [0.1, 0.15) is 5.75 Å². The Hall–Kier alpha value is -1.83. The standard InChI is InChI=1S/C14H12INO4/c15-10-14(13(17)18,19-11-6-2-1-3-7-11)20-12-8-4-5-9-16-12/h1-9H,10H2,(H,17,18). The zero-order valence-electron chi connectivity index (χ0n) is 10.4. The van der Waals surface area contributed by atoms with E-state index in [0.717, 1.165) is 0 Å². The second-order valence-corrected chi connectivity index (χ2v) is 4.64. The number of ether oxygens (including phenoxy) is 2. The largest absolute Gasteiger partial charge is 0.475 e. The molecule has 0 aliphatic heterocycles. The molecule has 0 aliphatic carbocycles. The first kappa shape index (κ1) is 14.6. The number of aliphatic carboxylic acids is 1. The zero-order chi connectivity index (χ0) is 14.4. The number of rotatable bonds is 6. The Morgan fingerprint density at radius 1 is 1.15 bits per heavy atom. The number of para-hydroxylation sites is 1. The van der Waals surface area contributed by atoms with Crippen molar-refractivity contribution in [3.8, 4) is 11.6 Å². The number of benzene rings is 1. The summed E-state index contributed by atoms with van der Waals surface area (Å²) in [5, 5.41) is 9.46. The molecule has 1 aromatic carbocycles. The van der Waals surface area contributed by atoms with Crippen LogP contribution in [0.1, 0.15) is 0 Å². The van der Waals surface area contributed by atoms with Crippen molar-refractivity contribution in [3.05, 3.63) is 54.7 Å². The van der Waals surface area contributed by atoms with Crippen LogP contribution in [0, 0.1) is 0 Å². The summed E-state index contributed by atoms with van der Waals surface area (Å²) in [5.74, 6) is -2.40. The lowest BCUT2D eigenvalue weighted by Crippen LogP contribution is -2.52. The van der Waals surface area contributed by atoms with Crippen LogP contribution < -0.4 is 9.47 Å².